The number of amides is 1. The number of hydrogen-bond donors (Lipinski definition) is 1. The summed E-state index contributed by atoms with van der Waals surface area (Å²) in [5, 5.41) is 3.50. The number of rotatable bonds is 6. The van der Waals surface area contributed by atoms with Crippen LogP contribution in [0.15, 0.2) is 76.9 Å². The number of carbonyl (C=O) groups excluding carboxylic acids is 1. The summed E-state index contributed by atoms with van der Waals surface area (Å²) in [4.78, 5) is 21.1. The molecule has 0 saturated heterocycles. The van der Waals surface area contributed by atoms with Gasteiger partial charge in [0.05, 0.1) is 29.9 Å². The van der Waals surface area contributed by atoms with E-state index in [4.69, 9.17) is 11.6 Å². The molecular formula is C27H22ClFN4O3S2. The first-order valence-corrected chi connectivity index (χ1v) is 14.4. The Labute approximate surface area is 229 Å². The number of nitrogens with zero attached hydrogens (tertiary/aromatic N) is 3. The van der Waals surface area contributed by atoms with Crippen molar-refractivity contribution in [2.75, 3.05) is 15.4 Å². The summed E-state index contributed by atoms with van der Waals surface area (Å²) in [5.74, 6) is -0.720. The Morgan fingerprint density at radius 2 is 1.89 bits per heavy atom. The molecule has 0 bridgehead atoms. The van der Waals surface area contributed by atoms with Gasteiger partial charge in [0.15, 0.2) is 5.16 Å². The van der Waals surface area contributed by atoms with E-state index in [-0.39, 0.29) is 39.5 Å². The van der Waals surface area contributed by atoms with Gasteiger partial charge in [0.1, 0.15) is 10.7 Å². The van der Waals surface area contributed by atoms with Crippen molar-refractivity contribution >= 4 is 50.7 Å². The lowest BCUT2D eigenvalue weighted by atomic mass is 10.1. The average Bonchev–Trinajstić information content (AvgIpc) is 2.88. The van der Waals surface area contributed by atoms with E-state index >= 15 is 0 Å². The van der Waals surface area contributed by atoms with Gasteiger partial charge in [0.25, 0.3) is 10.0 Å². The molecule has 5 rings (SSSR count). The van der Waals surface area contributed by atoms with Gasteiger partial charge in [-0.3, -0.25) is 9.10 Å². The maximum absolute atomic E-state index is 14.4. The first kappa shape index (κ1) is 26.1. The van der Waals surface area contributed by atoms with Gasteiger partial charge in [-0.2, -0.15) is 0 Å². The molecule has 0 aliphatic carbocycles. The molecule has 1 N–H and O–H groups in total. The van der Waals surface area contributed by atoms with Crippen molar-refractivity contribution in [1.82, 2.24) is 9.97 Å². The van der Waals surface area contributed by atoms with Crippen LogP contribution >= 0.6 is 23.4 Å². The highest BCUT2D eigenvalue weighted by Crippen LogP contribution is 2.44. The highest BCUT2D eigenvalue weighted by atomic mass is 35.5. The standard InChI is InChI=1S/C27H22ClFN4O3S2/c1-16-7-9-22(17(2)11-16)31-25(34)15-37-27-30-13-24-26(32-27)20-12-19(28)8-10-23(20)33(38(24,35)36)14-18-5-3-4-6-21(18)29/h3-13H,14-15H2,1-2H3,(H,31,34). The topological polar surface area (TPSA) is 92.3 Å². The molecule has 0 atom stereocenters. The molecule has 1 aliphatic heterocycles. The number of nitrogens with one attached hydrogen (secondary N) is 1. The van der Waals surface area contributed by atoms with Gasteiger partial charge in [0, 0.05) is 21.8 Å². The Balaban J connectivity index is 1.44. The third kappa shape index (κ3) is 5.11. The van der Waals surface area contributed by atoms with E-state index in [1.54, 1.807) is 30.3 Å². The van der Waals surface area contributed by atoms with Crippen LogP contribution in [-0.2, 0) is 21.4 Å². The van der Waals surface area contributed by atoms with Crippen molar-refractivity contribution in [2.45, 2.75) is 30.4 Å². The van der Waals surface area contributed by atoms with E-state index in [0.717, 1.165) is 32.9 Å². The Morgan fingerprint density at radius 1 is 1.11 bits per heavy atom. The molecule has 0 saturated carbocycles. The largest absolute Gasteiger partial charge is 0.325 e. The van der Waals surface area contributed by atoms with E-state index in [2.05, 4.69) is 15.3 Å². The number of halogens is 2. The first-order valence-electron chi connectivity index (χ1n) is 11.6. The minimum absolute atomic E-state index is 0.0284. The smallest absolute Gasteiger partial charge is 0.268 e. The molecule has 1 aliphatic rings. The average molecular weight is 569 g/mol. The quantitative estimate of drug-likeness (QED) is 0.227. The zero-order chi connectivity index (χ0) is 27.0. The first-order chi connectivity index (χ1) is 18.1. The number of benzene rings is 3. The molecule has 11 heteroatoms. The number of thioether (sulfide) groups is 1. The highest BCUT2D eigenvalue weighted by molar-refractivity contribution is 7.99. The number of sulfonamides is 1. The van der Waals surface area contributed by atoms with E-state index in [9.17, 15) is 17.6 Å². The van der Waals surface area contributed by atoms with E-state index in [1.807, 2.05) is 32.0 Å². The molecular weight excluding hydrogens is 547 g/mol. The normalized spacial score (nSPS) is 13.5. The summed E-state index contributed by atoms with van der Waals surface area (Å²) in [6.07, 6.45) is 1.22. The second kappa shape index (κ2) is 10.4. The van der Waals surface area contributed by atoms with Gasteiger partial charge >= 0.3 is 0 Å². The van der Waals surface area contributed by atoms with Gasteiger partial charge in [-0.05, 0) is 49.7 Å². The van der Waals surface area contributed by atoms with Crippen LogP contribution in [0.4, 0.5) is 15.8 Å². The van der Waals surface area contributed by atoms with Crippen LogP contribution in [0.5, 0.6) is 0 Å². The number of carbonyl (C=O) groups is 1. The van der Waals surface area contributed by atoms with Gasteiger partial charge in [-0.15, -0.1) is 0 Å². The molecule has 3 aromatic carbocycles. The number of anilines is 2. The Morgan fingerprint density at radius 3 is 2.66 bits per heavy atom. The SMILES string of the molecule is Cc1ccc(NC(=O)CSc2ncc3c(n2)-c2cc(Cl)ccc2N(Cc2ccccc2F)S3(=O)=O)c(C)c1. The van der Waals surface area contributed by atoms with Crippen molar-refractivity contribution < 1.29 is 17.6 Å². The third-order valence-electron chi connectivity index (χ3n) is 6.04. The third-order valence-corrected chi connectivity index (χ3v) is 8.90. The fourth-order valence-corrected chi connectivity index (χ4v) is 6.53. The van der Waals surface area contributed by atoms with Gasteiger partial charge in [-0.25, -0.2) is 22.8 Å². The van der Waals surface area contributed by atoms with Gasteiger partial charge < -0.3 is 5.32 Å². The van der Waals surface area contributed by atoms with Crippen molar-refractivity contribution in [2.24, 2.45) is 0 Å². The lowest BCUT2D eigenvalue weighted by Crippen LogP contribution is -2.34. The van der Waals surface area contributed by atoms with Crippen LogP contribution in [0.2, 0.25) is 5.02 Å². The Kier molecular flexibility index (Phi) is 7.13. The van der Waals surface area contributed by atoms with Crippen LogP contribution in [0.1, 0.15) is 16.7 Å². The van der Waals surface area contributed by atoms with Crippen molar-refractivity contribution in [3.05, 3.63) is 94.4 Å². The lowest BCUT2D eigenvalue weighted by molar-refractivity contribution is -0.113. The van der Waals surface area contributed by atoms with Crippen LogP contribution in [-0.4, -0.2) is 30.0 Å². The van der Waals surface area contributed by atoms with Crippen molar-refractivity contribution in [3.63, 3.8) is 0 Å². The maximum Gasteiger partial charge on any atom is 0.268 e. The van der Waals surface area contributed by atoms with E-state index in [1.165, 1.54) is 18.3 Å². The summed E-state index contributed by atoms with van der Waals surface area (Å²) in [7, 11) is -4.11. The summed E-state index contributed by atoms with van der Waals surface area (Å²) in [5.41, 5.74) is 3.97. The van der Waals surface area contributed by atoms with Crippen LogP contribution in [0, 0.1) is 19.7 Å². The van der Waals surface area contributed by atoms with Gasteiger partial charge in [0.2, 0.25) is 5.91 Å². The number of aryl methyl sites for hydroxylation is 2. The minimum Gasteiger partial charge on any atom is -0.325 e. The Hall–Kier alpha value is -3.47. The lowest BCUT2D eigenvalue weighted by Gasteiger charge is -2.31. The molecule has 1 aromatic heterocycles. The van der Waals surface area contributed by atoms with E-state index in [0.29, 0.717) is 16.3 Å². The van der Waals surface area contributed by atoms with Crippen LogP contribution in [0.3, 0.4) is 0 Å². The Bertz CT molecular complexity index is 1680. The summed E-state index contributed by atoms with van der Waals surface area (Å²) in [6.45, 7) is 3.69. The summed E-state index contributed by atoms with van der Waals surface area (Å²) in [6, 6.07) is 16.5. The predicted molar refractivity (Wildman–Crippen MR) is 148 cm³/mol. The molecule has 0 unspecified atom stereocenters. The maximum atomic E-state index is 14.4. The molecule has 0 radical (unpaired) electrons. The zero-order valence-corrected chi connectivity index (χ0v) is 22.8. The van der Waals surface area contributed by atoms with Crippen molar-refractivity contribution in [1.29, 1.82) is 0 Å². The molecule has 7 nitrogen and oxygen atoms in total. The second-order valence-electron chi connectivity index (χ2n) is 8.79. The monoisotopic (exact) mass is 568 g/mol. The molecule has 38 heavy (non-hydrogen) atoms. The zero-order valence-electron chi connectivity index (χ0n) is 20.4. The van der Waals surface area contributed by atoms with Gasteiger partial charge in [-0.1, -0.05) is 59.3 Å². The highest BCUT2D eigenvalue weighted by Gasteiger charge is 2.37. The summed E-state index contributed by atoms with van der Waals surface area (Å²) >= 11 is 7.35. The predicted octanol–water partition coefficient (Wildman–Crippen LogP) is 5.99. The summed E-state index contributed by atoms with van der Waals surface area (Å²) < 4.78 is 42.8. The van der Waals surface area contributed by atoms with E-state index < -0.39 is 15.8 Å². The van der Waals surface area contributed by atoms with Crippen LogP contribution in [0.25, 0.3) is 11.3 Å². The molecule has 194 valence electrons. The fraction of sp³-hybridized carbons (Fsp3) is 0.148. The minimum atomic E-state index is -4.11. The van der Waals surface area contributed by atoms with Crippen molar-refractivity contribution in [3.8, 4) is 11.3 Å². The van der Waals surface area contributed by atoms with Crippen LogP contribution < -0.4 is 9.62 Å². The molecule has 0 spiro atoms. The molecule has 0 fully saturated rings. The molecule has 4 aromatic rings. The second-order valence-corrected chi connectivity index (χ2v) is 12.0. The number of hydrogen-bond acceptors (Lipinski definition) is 6. The number of fused-ring (bicyclic) bond motifs is 3. The fourth-order valence-electron chi connectivity index (χ4n) is 4.19. The number of aromatic nitrogens is 2. The molecule has 2 heterocycles. The molecule has 1 amide bonds.